The molecule has 116 valence electrons. The van der Waals surface area contributed by atoms with Gasteiger partial charge in [-0.3, -0.25) is 9.78 Å². The number of nitrogens with zero attached hydrogens (tertiary/aromatic N) is 4. The third kappa shape index (κ3) is 2.40. The van der Waals surface area contributed by atoms with Gasteiger partial charge in [0.1, 0.15) is 17.8 Å². The first-order chi connectivity index (χ1) is 11.1. The van der Waals surface area contributed by atoms with Gasteiger partial charge in [-0.2, -0.15) is 0 Å². The molecule has 0 aromatic carbocycles. The van der Waals surface area contributed by atoms with E-state index in [9.17, 15) is 9.18 Å². The molecule has 1 amide bonds. The van der Waals surface area contributed by atoms with E-state index in [0.29, 0.717) is 11.6 Å². The molecule has 23 heavy (non-hydrogen) atoms. The Morgan fingerprint density at radius 1 is 1.43 bits per heavy atom. The molecule has 0 aliphatic heterocycles. The van der Waals surface area contributed by atoms with Crippen LogP contribution in [0.4, 0.5) is 4.39 Å². The Bertz CT molecular complexity index is 899. The van der Waals surface area contributed by atoms with Crippen molar-refractivity contribution < 1.29 is 9.18 Å². The molecular weight excluding hydrogens is 317 g/mol. The Kier molecular flexibility index (Phi) is 3.19. The second-order valence-electron chi connectivity index (χ2n) is 5.37. The molecule has 3 aromatic heterocycles. The van der Waals surface area contributed by atoms with Crippen molar-refractivity contribution in [3.05, 3.63) is 41.5 Å². The van der Waals surface area contributed by atoms with Crippen LogP contribution < -0.4 is 5.73 Å². The fourth-order valence-corrected chi connectivity index (χ4v) is 3.41. The van der Waals surface area contributed by atoms with Crippen LogP contribution in [0.15, 0.2) is 30.0 Å². The summed E-state index contributed by atoms with van der Waals surface area (Å²) in [7, 11) is 0. The molecule has 3 aromatic rings. The van der Waals surface area contributed by atoms with Crippen molar-refractivity contribution in [1.82, 2.24) is 19.7 Å². The van der Waals surface area contributed by atoms with Gasteiger partial charge in [0.15, 0.2) is 5.82 Å². The summed E-state index contributed by atoms with van der Waals surface area (Å²) in [6.45, 7) is 0. The molecule has 0 saturated heterocycles. The van der Waals surface area contributed by atoms with Crippen molar-refractivity contribution in [2.75, 3.05) is 0 Å². The van der Waals surface area contributed by atoms with Crippen LogP contribution in [0.1, 0.15) is 29.4 Å². The zero-order valence-corrected chi connectivity index (χ0v) is 12.8. The lowest BCUT2D eigenvalue weighted by Gasteiger charge is -2.05. The van der Waals surface area contributed by atoms with Crippen molar-refractivity contribution in [3.8, 4) is 21.8 Å². The highest BCUT2D eigenvalue weighted by atomic mass is 32.1. The third-order valence-electron chi connectivity index (χ3n) is 3.76. The molecule has 8 heteroatoms. The van der Waals surface area contributed by atoms with E-state index in [1.807, 2.05) is 4.57 Å². The van der Waals surface area contributed by atoms with Gasteiger partial charge < -0.3 is 10.3 Å². The molecule has 2 N–H and O–H groups in total. The van der Waals surface area contributed by atoms with E-state index in [-0.39, 0.29) is 11.3 Å². The van der Waals surface area contributed by atoms with Gasteiger partial charge in [0.2, 0.25) is 0 Å². The molecule has 6 nitrogen and oxygen atoms in total. The fourth-order valence-electron chi connectivity index (χ4n) is 2.52. The van der Waals surface area contributed by atoms with Crippen LogP contribution >= 0.6 is 11.3 Å². The molecule has 1 aliphatic rings. The summed E-state index contributed by atoms with van der Waals surface area (Å²) >= 11 is 1.42. The number of pyridine rings is 1. The van der Waals surface area contributed by atoms with Crippen molar-refractivity contribution in [2.24, 2.45) is 5.73 Å². The van der Waals surface area contributed by atoms with Crippen LogP contribution in [-0.4, -0.2) is 25.7 Å². The number of carbonyl (C=O) groups is 1. The first kappa shape index (κ1) is 14.0. The highest BCUT2D eigenvalue weighted by molar-refractivity contribution is 7.13. The Morgan fingerprint density at radius 2 is 2.26 bits per heavy atom. The summed E-state index contributed by atoms with van der Waals surface area (Å²) in [6.07, 6.45) is 5.18. The molecule has 4 rings (SSSR count). The van der Waals surface area contributed by atoms with Crippen LogP contribution in [0, 0.1) is 5.82 Å². The van der Waals surface area contributed by atoms with E-state index in [1.54, 1.807) is 17.8 Å². The quantitative estimate of drug-likeness (QED) is 0.797. The largest absolute Gasteiger partial charge is 0.364 e. The molecule has 0 bridgehead atoms. The van der Waals surface area contributed by atoms with Gasteiger partial charge >= 0.3 is 0 Å². The van der Waals surface area contributed by atoms with Crippen molar-refractivity contribution >= 4 is 17.2 Å². The van der Waals surface area contributed by atoms with E-state index in [4.69, 9.17) is 5.73 Å². The van der Waals surface area contributed by atoms with Gasteiger partial charge in [-0.05, 0) is 35.9 Å². The number of halogens is 1. The molecule has 0 atom stereocenters. The third-order valence-corrected chi connectivity index (χ3v) is 4.68. The van der Waals surface area contributed by atoms with Gasteiger partial charge in [0, 0.05) is 17.8 Å². The smallest absolute Gasteiger partial charge is 0.268 e. The minimum Gasteiger partial charge on any atom is -0.364 e. The SMILES string of the molecule is NC(=O)c1nccc(F)c1-c1csc(-c2nncn2C2CC2)c1. The van der Waals surface area contributed by atoms with Crippen LogP contribution in [0.25, 0.3) is 21.8 Å². The molecule has 1 fully saturated rings. The highest BCUT2D eigenvalue weighted by Crippen LogP contribution is 2.40. The maximum atomic E-state index is 14.2. The standard InChI is InChI=1S/C15H12FN5OS/c16-10-3-4-18-13(14(17)22)12(10)8-5-11(23-6-8)15-20-19-7-21(15)9-1-2-9/h3-7,9H,1-2H2,(H2,17,22). The van der Waals surface area contributed by atoms with Gasteiger partial charge in [-0.1, -0.05) is 0 Å². The lowest BCUT2D eigenvalue weighted by atomic mass is 10.1. The van der Waals surface area contributed by atoms with Gasteiger partial charge in [0.25, 0.3) is 5.91 Å². The number of primary amides is 1. The normalized spacial score (nSPS) is 14.1. The van der Waals surface area contributed by atoms with Crippen molar-refractivity contribution in [2.45, 2.75) is 18.9 Å². The number of hydrogen-bond donors (Lipinski definition) is 1. The Labute approximate surface area is 134 Å². The average molecular weight is 329 g/mol. The topological polar surface area (TPSA) is 86.7 Å². The summed E-state index contributed by atoms with van der Waals surface area (Å²) in [4.78, 5) is 16.3. The van der Waals surface area contributed by atoms with Gasteiger partial charge in [-0.25, -0.2) is 4.39 Å². The number of hydrogen-bond acceptors (Lipinski definition) is 5. The summed E-state index contributed by atoms with van der Waals surface area (Å²) < 4.78 is 16.2. The molecule has 0 spiro atoms. The van der Waals surface area contributed by atoms with Crippen LogP contribution in [0.2, 0.25) is 0 Å². The van der Waals surface area contributed by atoms with Gasteiger partial charge in [-0.15, -0.1) is 21.5 Å². The number of nitrogens with two attached hydrogens (primary N) is 1. The summed E-state index contributed by atoms with van der Waals surface area (Å²) in [6, 6.07) is 3.45. The molecule has 0 unspecified atom stereocenters. The Morgan fingerprint density at radius 3 is 3.00 bits per heavy atom. The first-order valence-corrected chi connectivity index (χ1v) is 7.96. The summed E-state index contributed by atoms with van der Waals surface area (Å²) in [5.41, 5.74) is 5.92. The number of thiophene rings is 1. The second-order valence-corrected chi connectivity index (χ2v) is 6.28. The average Bonchev–Trinajstić information content (AvgIpc) is 3.07. The molecule has 3 heterocycles. The second kappa shape index (κ2) is 5.24. The number of carbonyl (C=O) groups excluding carboxylic acids is 1. The summed E-state index contributed by atoms with van der Waals surface area (Å²) in [5, 5.41) is 9.89. The Balaban J connectivity index is 1.80. The predicted octanol–water partition coefficient (Wildman–Crippen LogP) is 2.64. The highest BCUT2D eigenvalue weighted by Gasteiger charge is 2.27. The van der Waals surface area contributed by atoms with Crippen molar-refractivity contribution in [1.29, 1.82) is 0 Å². The van der Waals surface area contributed by atoms with Crippen LogP contribution in [-0.2, 0) is 0 Å². The maximum absolute atomic E-state index is 14.2. The number of rotatable bonds is 4. The van der Waals surface area contributed by atoms with Crippen LogP contribution in [0.5, 0.6) is 0 Å². The minimum absolute atomic E-state index is 0.0713. The molecule has 0 radical (unpaired) electrons. The zero-order chi connectivity index (χ0) is 16.0. The van der Waals surface area contributed by atoms with E-state index in [1.165, 1.54) is 23.6 Å². The van der Waals surface area contributed by atoms with Crippen molar-refractivity contribution in [3.63, 3.8) is 0 Å². The minimum atomic E-state index is -0.756. The number of amides is 1. The number of aromatic nitrogens is 4. The van der Waals surface area contributed by atoms with Crippen LogP contribution in [0.3, 0.4) is 0 Å². The monoisotopic (exact) mass is 329 g/mol. The lowest BCUT2D eigenvalue weighted by molar-refractivity contribution is 0.0996. The molecule has 1 aliphatic carbocycles. The Hall–Kier alpha value is -2.61. The van der Waals surface area contributed by atoms with E-state index >= 15 is 0 Å². The first-order valence-electron chi connectivity index (χ1n) is 7.08. The predicted molar refractivity (Wildman–Crippen MR) is 83.3 cm³/mol. The van der Waals surface area contributed by atoms with E-state index < -0.39 is 11.7 Å². The zero-order valence-electron chi connectivity index (χ0n) is 11.9. The van der Waals surface area contributed by atoms with E-state index in [0.717, 1.165) is 23.5 Å². The molecular formula is C15H12FN5OS. The van der Waals surface area contributed by atoms with Gasteiger partial charge in [0.05, 0.1) is 4.88 Å². The maximum Gasteiger partial charge on any atom is 0.268 e. The fraction of sp³-hybridized carbons (Fsp3) is 0.200. The summed E-state index contributed by atoms with van der Waals surface area (Å²) in [5.74, 6) is -0.524. The lowest BCUT2D eigenvalue weighted by Crippen LogP contribution is -2.15. The molecule has 1 saturated carbocycles. The van der Waals surface area contributed by atoms with E-state index in [2.05, 4.69) is 15.2 Å².